The van der Waals surface area contributed by atoms with Gasteiger partial charge < -0.3 is 4.57 Å². The van der Waals surface area contributed by atoms with Gasteiger partial charge in [0.15, 0.2) is 0 Å². The lowest BCUT2D eigenvalue weighted by Gasteiger charge is -1.92. The van der Waals surface area contributed by atoms with Gasteiger partial charge >= 0.3 is 0 Å². The Kier molecular flexibility index (Phi) is 6.80. The predicted octanol–water partition coefficient (Wildman–Crippen LogP) is 1.82. The van der Waals surface area contributed by atoms with Crippen molar-refractivity contribution in [1.82, 2.24) is 9.55 Å². The first-order valence-electron chi connectivity index (χ1n) is 4.93. The van der Waals surface area contributed by atoms with Crippen molar-refractivity contribution in [3.63, 3.8) is 0 Å². The molecule has 0 amide bonds. The summed E-state index contributed by atoms with van der Waals surface area (Å²) >= 11 is 5.86. The van der Waals surface area contributed by atoms with Crippen LogP contribution in [0, 0.1) is 0 Å². The second-order valence-electron chi connectivity index (χ2n) is 3.17. The summed E-state index contributed by atoms with van der Waals surface area (Å²) in [6, 6.07) is 0. The van der Waals surface area contributed by atoms with Crippen molar-refractivity contribution in [2.45, 2.75) is 26.1 Å². The Morgan fingerprint density at radius 1 is 1.53 bits per heavy atom. The Morgan fingerprint density at radius 2 is 2.07 bits per heavy atom. The van der Waals surface area contributed by atoms with Gasteiger partial charge in [-0.2, -0.15) is 0 Å². The minimum Gasteiger partial charge on any atom is -0.334 e. The van der Waals surface area contributed by atoms with Gasteiger partial charge in [-0.25, -0.2) is 4.98 Å². The van der Waals surface area contributed by atoms with E-state index >= 15 is 0 Å². The van der Waals surface area contributed by atoms with Crippen LogP contribution in [0.5, 0.6) is 0 Å². The molecule has 0 radical (unpaired) electrons. The van der Waals surface area contributed by atoms with Crippen LogP contribution in [0.3, 0.4) is 0 Å². The van der Waals surface area contributed by atoms with Crippen LogP contribution in [0.25, 0.3) is 12.2 Å². The number of hydrogen-bond acceptors (Lipinski definition) is 1. The van der Waals surface area contributed by atoms with Gasteiger partial charge in [0.05, 0.1) is 22.4 Å². The SMILES string of the molecule is C/C=c1/ncn(C)/c1=C/C(C)Cl.C=CC. The molecule has 0 fully saturated rings. The summed E-state index contributed by atoms with van der Waals surface area (Å²) in [5.74, 6) is 0. The van der Waals surface area contributed by atoms with Crippen molar-refractivity contribution in [3.8, 4) is 0 Å². The number of halogens is 1. The largest absolute Gasteiger partial charge is 0.334 e. The van der Waals surface area contributed by atoms with E-state index in [9.17, 15) is 0 Å². The highest BCUT2D eigenvalue weighted by Gasteiger charge is 1.94. The zero-order valence-electron chi connectivity index (χ0n) is 9.87. The molecule has 1 aromatic rings. The molecule has 3 heteroatoms. The van der Waals surface area contributed by atoms with Crippen molar-refractivity contribution in [2.24, 2.45) is 7.05 Å². The monoisotopic (exact) mass is 226 g/mol. The van der Waals surface area contributed by atoms with Crippen molar-refractivity contribution in [1.29, 1.82) is 0 Å². The highest BCUT2D eigenvalue weighted by atomic mass is 35.5. The fraction of sp³-hybridized carbons (Fsp3) is 0.417. The molecule has 0 N–H and O–H groups in total. The normalized spacial score (nSPS) is 14.5. The average Bonchev–Trinajstić information content (AvgIpc) is 2.48. The molecule has 0 saturated heterocycles. The van der Waals surface area contributed by atoms with Gasteiger partial charge in [-0.3, -0.25) is 0 Å². The second-order valence-corrected chi connectivity index (χ2v) is 3.86. The lowest BCUT2D eigenvalue weighted by Crippen LogP contribution is -2.29. The zero-order chi connectivity index (χ0) is 11.8. The first-order valence-corrected chi connectivity index (χ1v) is 5.37. The van der Waals surface area contributed by atoms with E-state index in [0.29, 0.717) is 0 Å². The summed E-state index contributed by atoms with van der Waals surface area (Å²) in [5, 5.41) is 2.11. The molecular weight excluding hydrogens is 208 g/mol. The second kappa shape index (κ2) is 7.30. The zero-order valence-corrected chi connectivity index (χ0v) is 10.6. The fourth-order valence-corrected chi connectivity index (χ4v) is 1.22. The molecular formula is C12H19ClN2. The Hall–Kier alpha value is -1.02. The Bertz CT molecular complexity index is 402. The molecule has 1 unspecified atom stereocenters. The van der Waals surface area contributed by atoms with Crippen molar-refractivity contribution >= 4 is 23.8 Å². The predicted molar refractivity (Wildman–Crippen MR) is 68.2 cm³/mol. The van der Waals surface area contributed by atoms with E-state index in [0.717, 1.165) is 10.7 Å². The first-order chi connectivity index (χ1) is 7.06. The van der Waals surface area contributed by atoms with E-state index in [-0.39, 0.29) is 5.38 Å². The molecule has 0 saturated carbocycles. The maximum atomic E-state index is 5.86. The molecule has 1 heterocycles. The molecule has 84 valence electrons. The molecule has 15 heavy (non-hydrogen) atoms. The highest BCUT2D eigenvalue weighted by molar-refractivity contribution is 6.23. The van der Waals surface area contributed by atoms with E-state index in [1.807, 2.05) is 44.5 Å². The summed E-state index contributed by atoms with van der Waals surface area (Å²) in [4.78, 5) is 4.20. The van der Waals surface area contributed by atoms with Crippen molar-refractivity contribution in [3.05, 3.63) is 29.7 Å². The summed E-state index contributed by atoms with van der Waals surface area (Å²) < 4.78 is 1.97. The van der Waals surface area contributed by atoms with E-state index in [1.54, 1.807) is 12.4 Å². The number of aromatic nitrogens is 2. The van der Waals surface area contributed by atoms with Crippen LogP contribution in [-0.4, -0.2) is 14.9 Å². The Balaban J connectivity index is 0.000000583. The highest BCUT2D eigenvalue weighted by Crippen LogP contribution is 1.92. The van der Waals surface area contributed by atoms with Gasteiger partial charge in [0.1, 0.15) is 0 Å². The van der Waals surface area contributed by atoms with Crippen LogP contribution in [-0.2, 0) is 7.05 Å². The average molecular weight is 227 g/mol. The molecule has 1 aromatic heterocycles. The number of allylic oxidation sites excluding steroid dienone is 1. The van der Waals surface area contributed by atoms with E-state index < -0.39 is 0 Å². The van der Waals surface area contributed by atoms with Gasteiger partial charge in [-0.15, -0.1) is 18.2 Å². The fourth-order valence-electron chi connectivity index (χ4n) is 1.10. The third-order valence-corrected chi connectivity index (χ3v) is 1.80. The van der Waals surface area contributed by atoms with Gasteiger partial charge in [-0.05, 0) is 26.8 Å². The lowest BCUT2D eigenvalue weighted by atomic mass is 10.4. The lowest BCUT2D eigenvalue weighted by molar-refractivity contribution is 0.877. The quantitative estimate of drug-likeness (QED) is 0.528. The molecule has 2 nitrogen and oxygen atoms in total. The van der Waals surface area contributed by atoms with Gasteiger partial charge in [-0.1, -0.05) is 12.2 Å². The summed E-state index contributed by atoms with van der Waals surface area (Å²) in [6.45, 7) is 9.16. The minimum atomic E-state index is 0.0408. The number of imidazole rings is 1. The molecule has 0 bridgehead atoms. The molecule has 0 aliphatic carbocycles. The number of alkyl halides is 1. The van der Waals surface area contributed by atoms with Crippen LogP contribution < -0.4 is 10.7 Å². The first kappa shape index (κ1) is 14.0. The minimum absolute atomic E-state index is 0.0408. The molecule has 1 rings (SSSR count). The van der Waals surface area contributed by atoms with E-state index in [4.69, 9.17) is 11.6 Å². The maximum Gasteiger partial charge on any atom is 0.0955 e. The number of nitrogens with zero attached hydrogens (tertiary/aromatic N) is 2. The summed E-state index contributed by atoms with van der Waals surface area (Å²) in [6.07, 6.45) is 7.51. The Morgan fingerprint density at radius 3 is 2.47 bits per heavy atom. The van der Waals surface area contributed by atoms with Crippen LogP contribution >= 0.6 is 11.6 Å². The topological polar surface area (TPSA) is 17.8 Å². The van der Waals surface area contributed by atoms with Crippen LogP contribution in [0.2, 0.25) is 0 Å². The Labute approximate surface area is 96.6 Å². The smallest absolute Gasteiger partial charge is 0.0955 e. The number of hydrogen-bond donors (Lipinski definition) is 0. The summed E-state index contributed by atoms with van der Waals surface area (Å²) in [5.41, 5.74) is 0. The van der Waals surface area contributed by atoms with Crippen LogP contribution in [0.15, 0.2) is 19.0 Å². The number of rotatable bonds is 1. The van der Waals surface area contributed by atoms with Gasteiger partial charge in [0.2, 0.25) is 0 Å². The molecule has 0 aliphatic heterocycles. The van der Waals surface area contributed by atoms with Gasteiger partial charge in [0, 0.05) is 7.05 Å². The molecule has 0 aromatic carbocycles. The van der Waals surface area contributed by atoms with Gasteiger partial charge in [0.25, 0.3) is 0 Å². The van der Waals surface area contributed by atoms with Crippen LogP contribution in [0.1, 0.15) is 20.8 Å². The number of aryl methyl sites for hydroxylation is 1. The standard InChI is InChI=1S/C9H13ClN2.C3H6/c1-4-8-9(5-7(2)10)12(3)6-11-8;1-3-2/h4-7H,1-3H3;3H,1H2,2H3/b8-4+,9-5+;. The molecule has 0 spiro atoms. The van der Waals surface area contributed by atoms with E-state index in [1.165, 1.54) is 0 Å². The maximum absolute atomic E-state index is 5.86. The summed E-state index contributed by atoms with van der Waals surface area (Å²) in [7, 11) is 1.96. The molecule has 0 aliphatic rings. The van der Waals surface area contributed by atoms with Crippen molar-refractivity contribution in [2.75, 3.05) is 0 Å². The van der Waals surface area contributed by atoms with E-state index in [2.05, 4.69) is 11.6 Å². The third-order valence-electron chi connectivity index (χ3n) is 1.67. The third kappa shape index (κ3) is 4.84. The van der Waals surface area contributed by atoms with Crippen LogP contribution in [0.4, 0.5) is 0 Å². The molecule has 1 atom stereocenters. The van der Waals surface area contributed by atoms with Crippen molar-refractivity contribution < 1.29 is 0 Å².